The summed E-state index contributed by atoms with van der Waals surface area (Å²) >= 11 is 0. The minimum Gasteiger partial charge on any atom is -0.457 e. The monoisotopic (exact) mass is 200 g/mol. The smallest absolute Gasteiger partial charge is 0.303 e. The van der Waals surface area contributed by atoms with Gasteiger partial charge in [-0.2, -0.15) is 0 Å². The molecule has 0 radical (unpaired) electrons. The van der Waals surface area contributed by atoms with Crippen molar-refractivity contribution >= 4 is 5.97 Å². The summed E-state index contributed by atoms with van der Waals surface area (Å²) in [5, 5.41) is 0. The van der Waals surface area contributed by atoms with Crippen LogP contribution in [0.5, 0.6) is 0 Å². The molecule has 4 nitrogen and oxygen atoms in total. The zero-order valence-corrected chi connectivity index (χ0v) is 8.45. The van der Waals surface area contributed by atoms with Crippen molar-refractivity contribution < 1.29 is 19.0 Å². The van der Waals surface area contributed by atoms with Gasteiger partial charge < -0.3 is 14.2 Å². The van der Waals surface area contributed by atoms with Gasteiger partial charge in [-0.25, -0.2) is 0 Å². The molecular weight excluding hydrogens is 184 g/mol. The molecule has 4 heteroatoms. The fraction of sp³-hybridized carbons (Fsp3) is 0.900. The predicted molar refractivity (Wildman–Crippen MR) is 48.7 cm³/mol. The molecule has 1 spiro atoms. The largest absolute Gasteiger partial charge is 0.457 e. The van der Waals surface area contributed by atoms with Crippen molar-refractivity contribution in [3.05, 3.63) is 0 Å². The van der Waals surface area contributed by atoms with Crippen molar-refractivity contribution in [2.75, 3.05) is 13.2 Å². The molecule has 1 heterocycles. The SMILES string of the molecule is CC(=O)OC1CCCCC12OCCO2. The lowest BCUT2D eigenvalue weighted by molar-refractivity contribution is -0.244. The van der Waals surface area contributed by atoms with Gasteiger partial charge in [0.05, 0.1) is 13.2 Å². The van der Waals surface area contributed by atoms with Crippen molar-refractivity contribution in [1.29, 1.82) is 0 Å². The lowest BCUT2D eigenvalue weighted by atomic mass is 9.91. The first kappa shape index (κ1) is 9.93. The van der Waals surface area contributed by atoms with Crippen molar-refractivity contribution in [2.24, 2.45) is 0 Å². The van der Waals surface area contributed by atoms with E-state index in [2.05, 4.69) is 0 Å². The molecule has 0 aromatic carbocycles. The van der Waals surface area contributed by atoms with Gasteiger partial charge in [-0.3, -0.25) is 4.79 Å². The van der Waals surface area contributed by atoms with Gasteiger partial charge >= 0.3 is 5.97 Å². The van der Waals surface area contributed by atoms with Crippen LogP contribution in [0.1, 0.15) is 32.6 Å². The molecule has 0 aromatic rings. The predicted octanol–water partition coefficient (Wildman–Crippen LogP) is 1.24. The van der Waals surface area contributed by atoms with Gasteiger partial charge in [0.2, 0.25) is 5.79 Å². The topological polar surface area (TPSA) is 44.8 Å². The third-order valence-electron chi connectivity index (χ3n) is 2.82. The summed E-state index contributed by atoms with van der Waals surface area (Å²) in [6.45, 7) is 2.65. The molecule has 1 saturated heterocycles. The lowest BCUT2D eigenvalue weighted by Gasteiger charge is -2.38. The Morgan fingerprint density at radius 1 is 1.36 bits per heavy atom. The van der Waals surface area contributed by atoms with Crippen LogP contribution in [0, 0.1) is 0 Å². The number of carbonyl (C=O) groups is 1. The molecule has 80 valence electrons. The van der Waals surface area contributed by atoms with Crippen LogP contribution in [0.4, 0.5) is 0 Å². The van der Waals surface area contributed by atoms with Crippen molar-refractivity contribution in [3.63, 3.8) is 0 Å². The molecule has 1 aliphatic carbocycles. The molecule has 0 amide bonds. The van der Waals surface area contributed by atoms with Crippen molar-refractivity contribution in [1.82, 2.24) is 0 Å². The van der Waals surface area contributed by atoms with Crippen LogP contribution in [0.3, 0.4) is 0 Å². The number of esters is 1. The highest BCUT2D eigenvalue weighted by Gasteiger charge is 2.47. The van der Waals surface area contributed by atoms with E-state index in [-0.39, 0.29) is 12.1 Å². The maximum Gasteiger partial charge on any atom is 0.303 e. The Hall–Kier alpha value is -0.610. The number of hydrogen-bond acceptors (Lipinski definition) is 4. The van der Waals surface area contributed by atoms with E-state index in [1.165, 1.54) is 6.92 Å². The minimum absolute atomic E-state index is 0.212. The van der Waals surface area contributed by atoms with Gasteiger partial charge in [-0.05, 0) is 19.3 Å². The number of ether oxygens (including phenoxy) is 3. The number of carbonyl (C=O) groups excluding carboxylic acids is 1. The standard InChI is InChI=1S/C10H16O4/c1-8(11)14-9-4-2-3-5-10(9)12-6-7-13-10/h9H,2-7H2,1H3. The van der Waals surface area contributed by atoms with Crippen LogP contribution in [-0.2, 0) is 19.0 Å². The molecule has 2 aliphatic rings. The summed E-state index contributed by atoms with van der Waals surface area (Å²) in [6.07, 6.45) is 3.63. The molecule has 0 bridgehead atoms. The van der Waals surface area contributed by atoms with Gasteiger partial charge in [0, 0.05) is 13.3 Å². The Morgan fingerprint density at radius 3 is 2.71 bits per heavy atom. The van der Waals surface area contributed by atoms with E-state index in [4.69, 9.17) is 14.2 Å². The first-order chi connectivity index (χ1) is 6.73. The van der Waals surface area contributed by atoms with E-state index in [0.29, 0.717) is 13.2 Å². The first-order valence-corrected chi connectivity index (χ1v) is 5.18. The molecule has 1 aliphatic heterocycles. The van der Waals surface area contributed by atoms with Crippen LogP contribution < -0.4 is 0 Å². The lowest BCUT2D eigenvalue weighted by Crippen LogP contribution is -2.48. The number of rotatable bonds is 1. The second kappa shape index (κ2) is 3.87. The minimum atomic E-state index is -0.621. The quantitative estimate of drug-likeness (QED) is 0.597. The van der Waals surface area contributed by atoms with Crippen LogP contribution >= 0.6 is 0 Å². The van der Waals surface area contributed by atoms with Crippen LogP contribution in [0.25, 0.3) is 0 Å². The fourth-order valence-electron chi connectivity index (χ4n) is 2.23. The summed E-state index contributed by atoms with van der Waals surface area (Å²) in [7, 11) is 0. The van der Waals surface area contributed by atoms with E-state index >= 15 is 0 Å². The van der Waals surface area contributed by atoms with Crippen LogP contribution in [0.2, 0.25) is 0 Å². The van der Waals surface area contributed by atoms with Gasteiger partial charge in [-0.15, -0.1) is 0 Å². The Morgan fingerprint density at radius 2 is 2.07 bits per heavy atom. The fourth-order valence-corrected chi connectivity index (χ4v) is 2.23. The van der Waals surface area contributed by atoms with Crippen LogP contribution in [-0.4, -0.2) is 31.1 Å². The van der Waals surface area contributed by atoms with E-state index in [9.17, 15) is 4.79 Å². The molecule has 0 N–H and O–H groups in total. The Balaban J connectivity index is 2.06. The summed E-state index contributed by atoms with van der Waals surface area (Å²) < 4.78 is 16.4. The average Bonchev–Trinajstić information content (AvgIpc) is 2.58. The third kappa shape index (κ3) is 1.77. The Labute approximate surface area is 83.5 Å². The summed E-state index contributed by atoms with van der Waals surface area (Å²) in [5.41, 5.74) is 0. The highest BCUT2D eigenvalue weighted by molar-refractivity contribution is 5.66. The molecule has 0 aromatic heterocycles. The maximum absolute atomic E-state index is 10.9. The van der Waals surface area contributed by atoms with E-state index < -0.39 is 5.79 Å². The molecule has 1 atom stereocenters. The summed E-state index contributed by atoms with van der Waals surface area (Å²) in [6, 6.07) is 0. The highest BCUT2D eigenvalue weighted by atomic mass is 16.8. The maximum atomic E-state index is 10.9. The second-order valence-electron chi connectivity index (χ2n) is 3.85. The normalized spacial score (nSPS) is 30.5. The van der Waals surface area contributed by atoms with E-state index in [1.807, 2.05) is 0 Å². The third-order valence-corrected chi connectivity index (χ3v) is 2.82. The average molecular weight is 200 g/mol. The van der Waals surface area contributed by atoms with Gasteiger partial charge in [0.25, 0.3) is 0 Å². The zero-order valence-electron chi connectivity index (χ0n) is 8.45. The molecule has 2 fully saturated rings. The molecule has 1 saturated carbocycles. The zero-order chi connectivity index (χ0) is 10.0. The van der Waals surface area contributed by atoms with Gasteiger partial charge in [-0.1, -0.05) is 0 Å². The van der Waals surface area contributed by atoms with Crippen LogP contribution in [0.15, 0.2) is 0 Å². The van der Waals surface area contributed by atoms with Crippen molar-refractivity contribution in [2.45, 2.75) is 44.5 Å². The summed E-state index contributed by atoms with van der Waals surface area (Å²) in [5.74, 6) is -0.875. The highest BCUT2D eigenvalue weighted by Crippen LogP contribution is 2.37. The van der Waals surface area contributed by atoms with Crippen molar-refractivity contribution in [3.8, 4) is 0 Å². The molecule has 14 heavy (non-hydrogen) atoms. The van der Waals surface area contributed by atoms with E-state index in [0.717, 1.165) is 25.7 Å². The molecule has 2 rings (SSSR count). The van der Waals surface area contributed by atoms with Gasteiger partial charge in [0.1, 0.15) is 0 Å². The Bertz CT molecular complexity index is 220. The molecule has 1 unspecified atom stereocenters. The second-order valence-corrected chi connectivity index (χ2v) is 3.85. The summed E-state index contributed by atoms with van der Waals surface area (Å²) in [4.78, 5) is 10.9. The first-order valence-electron chi connectivity index (χ1n) is 5.18. The number of hydrogen-bond donors (Lipinski definition) is 0. The van der Waals surface area contributed by atoms with Gasteiger partial charge in [0.15, 0.2) is 6.10 Å². The molecular formula is C10H16O4. The Kier molecular flexibility index (Phi) is 2.74. The van der Waals surface area contributed by atoms with E-state index in [1.54, 1.807) is 0 Å².